The summed E-state index contributed by atoms with van der Waals surface area (Å²) in [6.07, 6.45) is 2.76. The number of aryl methyl sites for hydroxylation is 1. The average molecular weight is 442 g/mol. The van der Waals surface area contributed by atoms with E-state index in [0.29, 0.717) is 18.1 Å². The van der Waals surface area contributed by atoms with Gasteiger partial charge in [-0.1, -0.05) is 17.7 Å². The van der Waals surface area contributed by atoms with Crippen molar-refractivity contribution in [3.05, 3.63) is 53.9 Å². The first-order chi connectivity index (χ1) is 14.3. The van der Waals surface area contributed by atoms with Crippen LogP contribution in [0.5, 0.6) is 5.75 Å². The standard InChI is InChI=1S/C19H25F2N5O3S/c1-3-23-19(24-9-10-26-30(27,28)16-5-4-8-22-13-16)25-12-15-11-14(2)6-7-17(15)29-18(20)21/h4-8,11,13,18,26H,3,9-10,12H2,1-2H3,(H2,23,24,25). The van der Waals surface area contributed by atoms with Crippen LogP contribution in [-0.2, 0) is 16.6 Å². The third-order valence-corrected chi connectivity index (χ3v) is 5.28. The molecule has 0 saturated carbocycles. The van der Waals surface area contributed by atoms with E-state index >= 15 is 0 Å². The van der Waals surface area contributed by atoms with E-state index in [0.717, 1.165) is 5.56 Å². The van der Waals surface area contributed by atoms with Gasteiger partial charge in [0.25, 0.3) is 0 Å². The highest BCUT2D eigenvalue weighted by Crippen LogP contribution is 2.22. The molecule has 1 aromatic carbocycles. The number of nitrogens with zero attached hydrogens (tertiary/aromatic N) is 2. The minimum atomic E-state index is -3.65. The lowest BCUT2D eigenvalue weighted by atomic mass is 10.1. The van der Waals surface area contributed by atoms with Gasteiger partial charge in [-0.3, -0.25) is 4.98 Å². The molecule has 164 valence electrons. The fourth-order valence-electron chi connectivity index (χ4n) is 2.50. The summed E-state index contributed by atoms with van der Waals surface area (Å²) in [5.74, 6) is 0.488. The lowest BCUT2D eigenvalue weighted by Crippen LogP contribution is -2.41. The van der Waals surface area contributed by atoms with Gasteiger partial charge in [0.2, 0.25) is 10.0 Å². The van der Waals surface area contributed by atoms with Crippen molar-refractivity contribution in [3.8, 4) is 5.75 Å². The largest absolute Gasteiger partial charge is 0.434 e. The van der Waals surface area contributed by atoms with Crippen LogP contribution in [0, 0.1) is 6.92 Å². The number of hydrogen-bond donors (Lipinski definition) is 3. The van der Waals surface area contributed by atoms with E-state index in [2.05, 4.69) is 30.1 Å². The van der Waals surface area contributed by atoms with Gasteiger partial charge in [-0.2, -0.15) is 8.78 Å². The number of ether oxygens (including phenoxy) is 1. The molecular weight excluding hydrogens is 416 g/mol. The van der Waals surface area contributed by atoms with Crippen LogP contribution in [0.25, 0.3) is 0 Å². The first-order valence-corrected chi connectivity index (χ1v) is 10.8. The normalized spacial score (nSPS) is 12.1. The third-order valence-electron chi connectivity index (χ3n) is 3.84. The van der Waals surface area contributed by atoms with E-state index in [9.17, 15) is 17.2 Å². The Labute approximate surface area is 174 Å². The number of pyridine rings is 1. The van der Waals surface area contributed by atoms with Crippen molar-refractivity contribution in [2.45, 2.75) is 31.9 Å². The molecular formula is C19H25F2N5O3S. The maximum Gasteiger partial charge on any atom is 0.387 e. The van der Waals surface area contributed by atoms with Crippen LogP contribution >= 0.6 is 0 Å². The summed E-state index contributed by atoms with van der Waals surface area (Å²) in [5.41, 5.74) is 1.41. The van der Waals surface area contributed by atoms with Crippen LogP contribution in [0.3, 0.4) is 0 Å². The maximum absolute atomic E-state index is 12.6. The topological polar surface area (TPSA) is 105 Å². The quantitative estimate of drug-likeness (QED) is 0.296. The number of rotatable bonds is 10. The fourth-order valence-corrected chi connectivity index (χ4v) is 3.50. The molecule has 0 aliphatic rings. The Hall–Kier alpha value is -2.79. The van der Waals surface area contributed by atoms with Gasteiger partial charge in [0.15, 0.2) is 5.96 Å². The van der Waals surface area contributed by atoms with Gasteiger partial charge < -0.3 is 15.4 Å². The lowest BCUT2D eigenvalue weighted by Gasteiger charge is -2.13. The van der Waals surface area contributed by atoms with Crippen molar-refractivity contribution < 1.29 is 21.9 Å². The Kier molecular flexibility index (Phi) is 8.93. The minimum Gasteiger partial charge on any atom is -0.434 e. The number of guanidine groups is 1. The van der Waals surface area contributed by atoms with Crippen LogP contribution in [0.1, 0.15) is 18.1 Å². The van der Waals surface area contributed by atoms with Crippen LogP contribution in [0.4, 0.5) is 8.78 Å². The zero-order chi connectivity index (χ0) is 22.0. The number of aromatic nitrogens is 1. The summed E-state index contributed by atoms with van der Waals surface area (Å²) in [5, 5.41) is 6.02. The molecule has 0 fully saturated rings. The van der Waals surface area contributed by atoms with Gasteiger partial charge in [-0.15, -0.1) is 0 Å². The predicted octanol–water partition coefficient (Wildman–Crippen LogP) is 2.03. The van der Waals surface area contributed by atoms with Gasteiger partial charge in [0.1, 0.15) is 10.6 Å². The Morgan fingerprint density at radius 1 is 1.23 bits per heavy atom. The molecule has 0 aliphatic carbocycles. The number of aliphatic imine (C=N–C) groups is 1. The number of benzene rings is 1. The first-order valence-electron chi connectivity index (χ1n) is 9.28. The predicted molar refractivity (Wildman–Crippen MR) is 110 cm³/mol. The summed E-state index contributed by atoms with van der Waals surface area (Å²) in [4.78, 5) is 8.24. The highest BCUT2D eigenvalue weighted by atomic mass is 32.2. The summed E-state index contributed by atoms with van der Waals surface area (Å²) in [6.45, 7) is 1.86. The van der Waals surface area contributed by atoms with Crippen molar-refractivity contribution in [1.29, 1.82) is 0 Å². The SMILES string of the molecule is CCNC(=NCc1cc(C)ccc1OC(F)F)NCCNS(=O)(=O)c1cccnc1. The van der Waals surface area contributed by atoms with E-state index in [1.165, 1.54) is 24.5 Å². The zero-order valence-electron chi connectivity index (χ0n) is 16.7. The molecule has 8 nitrogen and oxygen atoms in total. The summed E-state index contributed by atoms with van der Waals surface area (Å²) >= 11 is 0. The van der Waals surface area contributed by atoms with E-state index < -0.39 is 16.6 Å². The molecule has 2 aromatic rings. The van der Waals surface area contributed by atoms with Gasteiger partial charge in [-0.05, 0) is 32.0 Å². The summed E-state index contributed by atoms with van der Waals surface area (Å²) < 4.78 is 56.6. The second kappa shape index (κ2) is 11.4. The second-order valence-corrected chi connectivity index (χ2v) is 7.97. The van der Waals surface area contributed by atoms with Crippen LogP contribution in [0.2, 0.25) is 0 Å². The van der Waals surface area contributed by atoms with Gasteiger partial charge in [0, 0.05) is 37.6 Å². The molecule has 0 radical (unpaired) electrons. The number of alkyl halides is 2. The first kappa shape index (κ1) is 23.5. The van der Waals surface area contributed by atoms with Crippen LogP contribution < -0.4 is 20.1 Å². The van der Waals surface area contributed by atoms with Crippen molar-refractivity contribution in [2.75, 3.05) is 19.6 Å². The summed E-state index contributed by atoms with van der Waals surface area (Å²) in [7, 11) is -3.65. The molecule has 0 atom stereocenters. The van der Waals surface area contributed by atoms with Crippen molar-refractivity contribution in [2.24, 2.45) is 4.99 Å². The molecule has 11 heteroatoms. The molecule has 0 spiro atoms. The Balaban J connectivity index is 1.96. The molecule has 1 heterocycles. The van der Waals surface area contributed by atoms with Crippen LogP contribution in [-0.4, -0.2) is 45.6 Å². The molecule has 3 N–H and O–H groups in total. The van der Waals surface area contributed by atoms with Crippen molar-refractivity contribution in [3.63, 3.8) is 0 Å². The molecule has 30 heavy (non-hydrogen) atoms. The smallest absolute Gasteiger partial charge is 0.387 e. The molecule has 0 amide bonds. The van der Waals surface area contributed by atoms with E-state index in [4.69, 9.17) is 0 Å². The molecule has 2 rings (SSSR count). The molecule has 0 bridgehead atoms. The van der Waals surface area contributed by atoms with E-state index in [-0.39, 0.29) is 30.3 Å². The van der Waals surface area contributed by atoms with Gasteiger partial charge in [-0.25, -0.2) is 18.1 Å². The molecule has 1 aromatic heterocycles. The number of halogens is 2. The summed E-state index contributed by atoms with van der Waals surface area (Å²) in [6, 6.07) is 7.89. The number of nitrogens with one attached hydrogen (secondary N) is 3. The van der Waals surface area contributed by atoms with Gasteiger partial charge >= 0.3 is 6.61 Å². The Morgan fingerprint density at radius 3 is 2.70 bits per heavy atom. The maximum atomic E-state index is 12.6. The van der Waals surface area contributed by atoms with Gasteiger partial charge in [0.05, 0.1) is 6.54 Å². The highest BCUT2D eigenvalue weighted by Gasteiger charge is 2.13. The Bertz CT molecular complexity index is 940. The molecule has 0 aliphatic heterocycles. The highest BCUT2D eigenvalue weighted by molar-refractivity contribution is 7.89. The van der Waals surface area contributed by atoms with Crippen molar-refractivity contribution in [1.82, 2.24) is 20.3 Å². The van der Waals surface area contributed by atoms with Crippen molar-refractivity contribution >= 4 is 16.0 Å². The third kappa shape index (κ3) is 7.56. The lowest BCUT2D eigenvalue weighted by molar-refractivity contribution is -0.0504. The number of sulfonamides is 1. The Morgan fingerprint density at radius 2 is 2.03 bits per heavy atom. The zero-order valence-corrected chi connectivity index (χ0v) is 17.5. The minimum absolute atomic E-state index is 0.0689. The van der Waals surface area contributed by atoms with E-state index in [1.807, 2.05) is 13.8 Å². The molecule has 0 unspecified atom stereocenters. The second-order valence-electron chi connectivity index (χ2n) is 6.20. The number of hydrogen-bond acceptors (Lipinski definition) is 5. The fraction of sp³-hybridized carbons (Fsp3) is 0.368. The van der Waals surface area contributed by atoms with Crippen LogP contribution in [0.15, 0.2) is 52.6 Å². The average Bonchev–Trinajstić information content (AvgIpc) is 2.71. The monoisotopic (exact) mass is 441 g/mol. The molecule has 0 saturated heterocycles. The van der Waals surface area contributed by atoms with E-state index in [1.54, 1.807) is 18.2 Å².